The van der Waals surface area contributed by atoms with E-state index in [4.69, 9.17) is 9.84 Å². The molecule has 0 aliphatic rings. The SMILES string of the molecule is CCCCCCC(CCCCCC)CCOC(=O)CCCCCNCCCO. The molecule has 0 bridgehead atoms. The van der Waals surface area contributed by atoms with Crippen LogP contribution in [0.15, 0.2) is 0 Å². The van der Waals surface area contributed by atoms with E-state index < -0.39 is 0 Å². The lowest BCUT2D eigenvalue weighted by Crippen LogP contribution is -2.17. The molecule has 4 heteroatoms. The van der Waals surface area contributed by atoms with Crippen LogP contribution in [0.1, 0.15) is 117 Å². The van der Waals surface area contributed by atoms with Gasteiger partial charge in [0.15, 0.2) is 0 Å². The van der Waals surface area contributed by atoms with E-state index in [-0.39, 0.29) is 12.6 Å². The fourth-order valence-corrected chi connectivity index (χ4v) is 3.59. The van der Waals surface area contributed by atoms with Gasteiger partial charge < -0.3 is 15.2 Å². The molecule has 4 nitrogen and oxygen atoms in total. The zero-order chi connectivity index (χ0) is 20.7. The van der Waals surface area contributed by atoms with Gasteiger partial charge in [-0.15, -0.1) is 0 Å². The Balaban J connectivity index is 3.75. The Morgan fingerprint density at radius 1 is 0.786 bits per heavy atom. The average molecular weight is 400 g/mol. The molecule has 0 aromatic heterocycles. The van der Waals surface area contributed by atoms with Gasteiger partial charge in [0.05, 0.1) is 6.61 Å². The molecule has 0 rings (SSSR count). The second kappa shape index (κ2) is 22.7. The first-order valence-corrected chi connectivity index (χ1v) is 12.2. The summed E-state index contributed by atoms with van der Waals surface area (Å²) in [5.41, 5.74) is 0. The van der Waals surface area contributed by atoms with Gasteiger partial charge in [0.2, 0.25) is 0 Å². The number of carbonyl (C=O) groups excluding carboxylic acids is 1. The van der Waals surface area contributed by atoms with Crippen LogP contribution < -0.4 is 5.32 Å². The van der Waals surface area contributed by atoms with Crippen LogP contribution in [0.25, 0.3) is 0 Å². The highest BCUT2D eigenvalue weighted by Gasteiger charge is 2.10. The first kappa shape index (κ1) is 27.4. The minimum atomic E-state index is -0.0241. The van der Waals surface area contributed by atoms with Gasteiger partial charge in [-0.2, -0.15) is 0 Å². The van der Waals surface area contributed by atoms with E-state index in [0.717, 1.165) is 51.1 Å². The van der Waals surface area contributed by atoms with Crippen LogP contribution in [0.5, 0.6) is 0 Å². The molecule has 0 fully saturated rings. The Hall–Kier alpha value is -0.610. The van der Waals surface area contributed by atoms with Crippen molar-refractivity contribution in [1.29, 1.82) is 0 Å². The summed E-state index contributed by atoms with van der Waals surface area (Å²) in [5.74, 6) is 0.704. The van der Waals surface area contributed by atoms with Crippen LogP contribution in [-0.2, 0) is 9.53 Å². The van der Waals surface area contributed by atoms with Gasteiger partial charge in [0.25, 0.3) is 0 Å². The molecule has 0 aromatic rings. The third-order valence-corrected chi connectivity index (χ3v) is 5.47. The third kappa shape index (κ3) is 20.1. The summed E-state index contributed by atoms with van der Waals surface area (Å²) >= 11 is 0. The molecule has 0 saturated carbocycles. The lowest BCUT2D eigenvalue weighted by atomic mass is 9.92. The van der Waals surface area contributed by atoms with Crippen molar-refractivity contribution < 1.29 is 14.6 Å². The predicted octanol–water partition coefficient (Wildman–Crippen LogP) is 6.01. The maximum atomic E-state index is 11.9. The Bertz CT molecular complexity index is 311. The maximum absolute atomic E-state index is 11.9. The standard InChI is InChI=1S/C24H49NO3/c1-3-5-7-10-15-23(16-11-8-6-4-2)18-22-28-24(27)17-12-9-13-19-25-20-14-21-26/h23,25-26H,3-22H2,1-2H3. The molecule has 2 N–H and O–H groups in total. The molecule has 0 spiro atoms. The fraction of sp³-hybridized carbons (Fsp3) is 0.958. The Morgan fingerprint density at radius 2 is 1.39 bits per heavy atom. The smallest absolute Gasteiger partial charge is 0.305 e. The van der Waals surface area contributed by atoms with E-state index in [0.29, 0.717) is 13.0 Å². The van der Waals surface area contributed by atoms with Crippen molar-refractivity contribution in [1.82, 2.24) is 5.32 Å². The van der Waals surface area contributed by atoms with Gasteiger partial charge in [0, 0.05) is 13.0 Å². The lowest BCUT2D eigenvalue weighted by molar-refractivity contribution is -0.144. The summed E-state index contributed by atoms with van der Waals surface area (Å²) < 4.78 is 5.50. The quantitative estimate of drug-likeness (QED) is 0.173. The summed E-state index contributed by atoms with van der Waals surface area (Å²) in [4.78, 5) is 11.9. The number of hydrogen-bond acceptors (Lipinski definition) is 4. The summed E-state index contributed by atoms with van der Waals surface area (Å²) in [5, 5.41) is 12.0. The summed E-state index contributed by atoms with van der Waals surface area (Å²) in [6.45, 7) is 7.21. The summed E-state index contributed by atoms with van der Waals surface area (Å²) in [6, 6.07) is 0. The third-order valence-electron chi connectivity index (χ3n) is 5.47. The number of esters is 1. The Labute approximate surface area is 175 Å². The molecule has 28 heavy (non-hydrogen) atoms. The monoisotopic (exact) mass is 399 g/mol. The van der Waals surface area contributed by atoms with E-state index in [1.54, 1.807) is 0 Å². The Morgan fingerprint density at radius 3 is 2.00 bits per heavy atom. The van der Waals surface area contributed by atoms with Crippen molar-refractivity contribution in [2.45, 2.75) is 117 Å². The number of carbonyl (C=O) groups is 1. The van der Waals surface area contributed by atoms with Crippen LogP contribution in [0.3, 0.4) is 0 Å². The van der Waals surface area contributed by atoms with Crippen molar-refractivity contribution in [2.75, 3.05) is 26.3 Å². The van der Waals surface area contributed by atoms with Crippen LogP contribution in [0.2, 0.25) is 0 Å². The minimum Gasteiger partial charge on any atom is -0.466 e. The van der Waals surface area contributed by atoms with Gasteiger partial charge in [0.1, 0.15) is 0 Å². The number of nitrogens with one attached hydrogen (secondary N) is 1. The highest BCUT2D eigenvalue weighted by Crippen LogP contribution is 2.21. The molecule has 0 aliphatic carbocycles. The molecule has 0 radical (unpaired) electrons. The van der Waals surface area contributed by atoms with Crippen LogP contribution >= 0.6 is 0 Å². The minimum absolute atomic E-state index is 0.0241. The molecule has 0 amide bonds. The molecular weight excluding hydrogens is 350 g/mol. The van der Waals surface area contributed by atoms with Crippen LogP contribution in [0, 0.1) is 5.92 Å². The molecule has 0 saturated heterocycles. The molecule has 0 heterocycles. The van der Waals surface area contributed by atoms with Crippen molar-refractivity contribution >= 4 is 5.97 Å². The van der Waals surface area contributed by atoms with Gasteiger partial charge in [-0.1, -0.05) is 84.5 Å². The first-order valence-electron chi connectivity index (χ1n) is 12.2. The molecule has 0 unspecified atom stereocenters. The highest BCUT2D eigenvalue weighted by atomic mass is 16.5. The molecular formula is C24H49NO3. The van der Waals surface area contributed by atoms with Crippen molar-refractivity contribution in [3.05, 3.63) is 0 Å². The van der Waals surface area contributed by atoms with Gasteiger partial charge in [-0.05, 0) is 44.7 Å². The lowest BCUT2D eigenvalue weighted by Gasteiger charge is -2.17. The number of aliphatic hydroxyl groups is 1. The van der Waals surface area contributed by atoms with E-state index >= 15 is 0 Å². The molecule has 0 aliphatic heterocycles. The van der Waals surface area contributed by atoms with E-state index in [9.17, 15) is 4.79 Å². The second-order valence-electron chi connectivity index (χ2n) is 8.21. The van der Waals surface area contributed by atoms with E-state index in [1.807, 2.05) is 0 Å². The van der Waals surface area contributed by atoms with Gasteiger partial charge in [-0.25, -0.2) is 0 Å². The second-order valence-corrected chi connectivity index (χ2v) is 8.21. The molecule has 0 aromatic carbocycles. The predicted molar refractivity (Wildman–Crippen MR) is 120 cm³/mol. The normalized spacial score (nSPS) is 11.3. The van der Waals surface area contributed by atoms with Crippen molar-refractivity contribution in [2.24, 2.45) is 5.92 Å². The van der Waals surface area contributed by atoms with E-state index in [1.165, 1.54) is 64.2 Å². The summed E-state index contributed by atoms with van der Waals surface area (Å²) in [6.07, 6.45) is 18.6. The Kier molecular flexibility index (Phi) is 22.2. The van der Waals surface area contributed by atoms with Crippen LogP contribution in [0.4, 0.5) is 0 Å². The van der Waals surface area contributed by atoms with Gasteiger partial charge in [-0.3, -0.25) is 4.79 Å². The zero-order valence-electron chi connectivity index (χ0n) is 19.0. The van der Waals surface area contributed by atoms with E-state index in [2.05, 4.69) is 19.2 Å². The van der Waals surface area contributed by atoms with Crippen molar-refractivity contribution in [3.63, 3.8) is 0 Å². The van der Waals surface area contributed by atoms with Crippen molar-refractivity contribution in [3.8, 4) is 0 Å². The van der Waals surface area contributed by atoms with Crippen LogP contribution in [-0.4, -0.2) is 37.4 Å². The first-order chi connectivity index (χ1) is 13.7. The highest BCUT2D eigenvalue weighted by molar-refractivity contribution is 5.69. The number of rotatable bonds is 22. The average Bonchev–Trinajstić information content (AvgIpc) is 2.70. The fourth-order valence-electron chi connectivity index (χ4n) is 3.59. The molecule has 168 valence electrons. The topological polar surface area (TPSA) is 58.6 Å². The number of unbranched alkanes of at least 4 members (excludes halogenated alkanes) is 8. The number of hydrogen-bond donors (Lipinski definition) is 2. The number of aliphatic hydroxyl groups excluding tert-OH is 1. The maximum Gasteiger partial charge on any atom is 0.305 e. The number of ether oxygens (including phenoxy) is 1. The molecule has 0 atom stereocenters. The largest absolute Gasteiger partial charge is 0.466 e. The van der Waals surface area contributed by atoms with Gasteiger partial charge >= 0.3 is 5.97 Å². The summed E-state index contributed by atoms with van der Waals surface area (Å²) in [7, 11) is 0. The zero-order valence-corrected chi connectivity index (χ0v) is 19.0.